The van der Waals surface area contributed by atoms with Crippen LogP contribution in [0.4, 0.5) is 10.1 Å². The van der Waals surface area contributed by atoms with Crippen molar-refractivity contribution in [1.82, 2.24) is 0 Å². The Balaban J connectivity index is 2.23. The van der Waals surface area contributed by atoms with Crippen LogP contribution in [0.25, 0.3) is 0 Å². The van der Waals surface area contributed by atoms with Crippen molar-refractivity contribution < 1.29 is 9.50 Å². The molecule has 2 N–H and O–H groups in total. The number of halogens is 3. The largest absolute Gasteiger partial charge is 0.394 e. The summed E-state index contributed by atoms with van der Waals surface area (Å²) >= 11 is 9.29. The normalized spacial score (nSPS) is 12.2. The molecule has 0 bridgehead atoms. The maximum Gasteiger partial charge on any atom is 0.126 e. The van der Waals surface area contributed by atoms with Gasteiger partial charge in [-0.1, -0.05) is 23.7 Å². The molecular formula is C15H14BrClFNO. The lowest BCUT2D eigenvalue weighted by molar-refractivity contribution is 0.276. The van der Waals surface area contributed by atoms with Crippen molar-refractivity contribution in [3.8, 4) is 0 Å². The van der Waals surface area contributed by atoms with Gasteiger partial charge >= 0.3 is 0 Å². The van der Waals surface area contributed by atoms with Gasteiger partial charge in [0, 0.05) is 10.2 Å². The van der Waals surface area contributed by atoms with Gasteiger partial charge in [0.25, 0.3) is 0 Å². The minimum absolute atomic E-state index is 0.0919. The fourth-order valence-corrected chi connectivity index (χ4v) is 2.40. The average molecular weight is 359 g/mol. The molecular weight excluding hydrogens is 345 g/mol. The van der Waals surface area contributed by atoms with Crippen molar-refractivity contribution in [2.24, 2.45) is 0 Å². The molecule has 106 valence electrons. The van der Waals surface area contributed by atoms with Crippen LogP contribution in [0.3, 0.4) is 0 Å². The molecule has 0 saturated heterocycles. The van der Waals surface area contributed by atoms with E-state index in [9.17, 15) is 9.50 Å². The number of hydrogen-bond donors (Lipinski definition) is 2. The Labute approximate surface area is 130 Å². The van der Waals surface area contributed by atoms with Crippen molar-refractivity contribution in [1.29, 1.82) is 0 Å². The zero-order valence-electron chi connectivity index (χ0n) is 10.8. The molecule has 0 radical (unpaired) electrons. The topological polar surface area (TPSA) is 32.3 Å². The third-order valence-electron chi connectivity index (χ3n) is 3.03. The summed E-state index contributed by atoms with van der Waals surface area (Å²) in [5.74, 6) is -0.250. The summed E-state index contributed by atoms with van der Waals surface area (Å²) in [7, 11) is 0. The molecule has 2 aromatic carbocycles. The second-order valence-electron chi connectivity index (χ2n) is 4.52. The fourth-order valence-electron chi connectivity index (χ4n) is 1.91. The van der Waals surface area contributed by atoms with Gasteiger partial charge < -0.3 is 10.4 Å². The molecule has 1 unspecified atom stereocenters. The van der Waals surface area contributed by atoms with Crippen LogP contribution in [0.1, 0.15) is 17.2 Å². The van der Waals surface area contributed by atoms with Gasteiger partial charge in [-0.2, -0.15) is 0 Å². The van der Waals surface area contributed by atoms with Gasteiger partial charge in [0.05, 0.1) is 17.7 Å². The first-order chi connectivity index (χ1) is 9.51. The van der Waals surface area contributed by atoms with Crippen molar-refractivity contribution >= 4 is 33.2 Å². The van der Waals surface area contributed by atoms with Gasteiger partial charge in [0.1, 0.15) is 5.82 Å². The summed E-state index contributed by atoms with van der Waals surface area (Å²) < 4.78 is 14.1. The van der Waals surface area contributed by atoms with Gasteiger partial charge in [-0.3, -0.25) is 0 Å². The van der Waals surface area contributed by atoms with Crippen LogP contribution in [-0.2, 0) is 0 Å². The summed E-state index contributed by atoms with van der Waals surface area (Å²) in [4.78, 5) is 0. The zero-order chi connectivity index (χ0) is 14.7. The maximum atomic E-state index is 13.3. The first-order valence-electron chi connectivity index (χ1n) is 6.09. The van der Waals surface area contributed by atoms with Crippen LogP contribution in [0, 0.1) is 12.7 Å². The van der Waals surface area contributed by atoms with Crippen molar-refractivity contribution in [2.45, 2.75) is 13.0 Å². The summed E-state index contributed by atoms with van der Waals surface area (Å²) in [5.41, 5.74) is 2.21. The number of nitrogens with one attached hydrogen (secondary N) is 1. The lowest BCUT2D eigenvalue weighted by atomic mass is 10.0. The molecule has 5 heteroatoms. The molecule has 0 amide bonds. The standard InChI is InChI=1S/C15H14BrClFNO/c1-9-6-10(2-5-14(9)18)15(8-20)19-11-3-4-13(17)12(16)7-11/h2-7,15,19-20H,8H2,1H3. The molecule has 1 atom stereocenters. The minimum atomic E-state index is -0.303. The fraction of sp³-hybridized carbons (Fsp3) is 0.200. The number of anilines is 1. The van der Waals surface area contributed by atoms with E-state index in [1.165, 1.54) is 6.07 Å². The van der Waals surface area contributed by atoms with Crippen LogP contribution in [0.15, 0.2) is 40.9 Å². The first-order valence-corrected chi connectivity index (χ1v) is 7.27. The number of rotatable bonds is 4. The molecule has 20 heavy (non-hydrogen) atoms. The summed E-state index contributed by atoms with van der Waals surface area (Å²) in [5, 5.41) is 13.3. The van der Waals surface area contributed by atoms with Crippen molar-refractivity contribution in [2.75, 3.05) is 11.9 Å². The van der Waals surface area contributed by atoms with Gasteiger partial charge in [-0.05, 0) is 58.2 Å². The lowest BCUT2D eigenvalue weighted by Crippen LogP contribution is -2.15. The predicted octanol–water partition coefficient (Wildman–Crippen LogP) is 4.70. The molecule has 0 saturated carbocycles. The van der Waals surface area contributed by atoms with E-state index in [4.69, 9.17) is 11.6 Å². The Morgan fingerprint density at radius 2 is 2.05 bits per heavy atom. The van der Waals surface area contributed by atoms with E-state index >= 15 is 0 Å². The van der Waals surface area contributed by atoms with E-state index in [0.717, 1.165) is 15.7 Å². The van der Waals surface area contributed by atoms with Crippen LogP contribution < -0.4 is 5.32 Å². The molecule has 0 aliphatic heterocycles. The van der Waals surface area contributed by atoms with E-state index in [0.29, 0.717) is 10.6 Å². The molecule has 0 aliphatic carbocycles. The number of benzene rings is 2. The predicted molar refractivity (Wildman–Crippen MR) is 83.7 cm³/mol. The number of hydrogen-bond acceptors (Lipinski definition) is 2. The van der Waals surface area contributed by atoms with Crippen LogP contribution >= 0.6 is 27.5 Å². The number of aliphatic hydroxyl groups excluding tert-OH is 1. The summed E-state index contributed by atoms with van der Waals surface area (Å²) in [6.45, 7) is 1.61. The van der Waals surface area contributed by atoms with Crippen LogP contribution in [0.5, 0.6) is 0 Å². The highest BCUT2D eigenvalue weighted by molar-refractivity contribution is 9.10. The molecule has 0 aromatic heterocycles. The Hall–Kier alpha value is -1.10. The molecule has 2 rings (SSSR count). The van der Waals surface area contributed by atoms with Crippen LogP contribution in [0.2, 0.25) is 5.02 Å². The number of aliphatic hydroxyl groups is 1. The number of aryl methyl sites for hydroxylation is 1. The molecule has 0 fully saturated rings. The maximum absolute atomic E-state index is 13.3. The van der Waals surface area contributed by atoms with Gasteiger partial charge in [-0.15, -0.1) is 0 Å². The average Bonchev–Trinajstić information content (AvgIpc) is 2.43. The quantitative estimate of drug-likeness (QED) is 0.830. The second-order valence-corrected chi connectivity index (χ2v) is 5.78. The van der Waals surface area contributed by atoms with Crippen molar-refractivity contribution in [3.63, 3.8) is 0 Å². The SMILES string of the molecule is Cc1cc(C(CO)Nc2ccc(Cl)c(Br)c2)ccc1F. The van der Waals surface area contributed by atoms with Crippen molar-refractivity contribution in [3.05, 3.63) is 62.8 Å². The third-order valence-corrected chi connectivity index (χ3v) is 4.24. The first kappa shape index (κ1) is 15.3. The highest BCUT2D eigenvalue weighted by Crippen LogP contribution is 2.28. The highest BCUT2D eigenvalue weighted by atomic mass is 79.9. The van der Waals surface area contributed by atoms with Crippen LogP contribution in [-0.4, -0.2) is 11.7 Å². The Morgan fingerprint density at radius 1 is 1.30 bits per heavy atom. The molecule has 2 nitrogen and oxygen atoms in total. The van der Waals surface area contributed by atoms with E-state index in [1.54, 1.807) is 25.1 Å². The zero-order valence-corrected chi connectivity index (χ0v) is 13.2. The van der Waals surface area contributed by atoms with Gasteiger partial charge in [-0.25, -0.2) is 4.39 Å². The molecule has 0 spiro atoms. The van der Waals surface area contributed by atoms with E-state index in [1.807, 2.05) is 12.1 Å². The molecule has 0 heterocycles. The Kier molecular flexibility index (Phi) is 5.02. The van der Waals surface area contributed by atoms with E-state index in [-0.39, 0.29) is 18.5 Å². The monoisotopic (exact) mass is 357 g/mol. The Morgan fingerprint density at radius 3 is 2.65 bits per heavy atom. The minimum Gasteiger partial charge on any atom is -0.394 e. The smallest absolute Gasteiger partial charge is 0.126 e. The summed E-state index contributed by atoms with van der Waals surface area (Å²) in [6.07, 6.45) is 0. The van der Waals surface area contributed by atoms with E-state index in [2.05, 4.69) is 21.2 Å². The van der Waals surface area contributed by atoms with E-state index < -0.39 is 0 Å². The van der Waals surface area contributed by atoms with Gasteiger partial charge in [0.2, 0.25) is 0 Å². The second kappa shape index (κ2) is 6.57. The molecule has 0 aliphatic rings. The Bertz CT molecular complexity index is 621. The third kappa shape index (κ3) is 3.51. The highest BCUT2D eigenvalue weighted by Gasteiger charge is 2.12. The summed E-state index contributed by atoms with van der Waals surface area (Å²) in [6, 6.07) is 9.93. The lowest BCUT2D eigenvalue weighted by Gasteiger charge is -2.19. The molecule has 2 aromatic rings. The van der Waals surface area contributed by atoms with Gasteiger partial charge in [0.15, 0.2) is 0 Å².